The highest BCUT2D eigenvalue weighted by Crippen LogP contribution is 2.76. The van der Waals surface area contributed by atoms with Crippen LogP contribution >= 0.6 is 0 Å². The van der Waals surface area contributed by atoms with E-state index in [9.17, 15) is 5.11 Å². The summed E-state index contributed by atoms with van der Waals surface area (Å²) in [6, 6.07) is 0. The predicted octanol–water partition coefficient (Wildman–Crippen LogP) is 4.72. The third-order valence-electron chi connectivity index (χ3n) is 7.93. The van der Waals surface area contributed by atoms with Crippen LogP contribution in [0.3, 0.4) is 0 Å². The zero-order valence-electron chi connectivity index (χ0n) is 13.7. The fourth-order valence-electron chi connectivity index (χ4n) is 6.46. The summed E-state index contributed by atoms with van der Waals surface area (Å²) >= 11 is 0. The van der Waals surface area contributed by atoms with Gasteiger partial charge in [-0.05, 0) is 78.9 Å². The van der Waals surface area contributed by atoms with Crippen molar-refractivity contribution in [2.75, 3.05) is 6.61 Å². The van der Waals surface area contributed by atoms with Crippen LogP contribution in [-0.2, 0) is 0 Å². The Hall–Kier alpha value is -0.560. The highest BCUT2D eigenvalue weighted by molar-refractivity contribution is 5.31. The first kappa shape index (κ1) is 14.1. The quantitative estimate of drug-likeness (QED) is 0.728. The standard InChI is InChI=1S/C20H30O/c1-4-18(2)9-8-16-14(11-18)5-6-17-19(3,13-21)10-7-15-12-20(15,16)17/h4-5,15-17,21H,1,6-13H2,2-3H3/t15-,16+,17+,18-,19+,20+/m1/s1. The van der Waals surface area contributed by atoms with Crippen LogP contribution in [0.5, 0.6) is 0 Å². The molecule has 0 heterocycles. The molecule has 1 heteroatoms. The van der Waals surface area contributed by atoms with Gasteiger partial charge in [-0.3, -0.25) is 0 Å². The lowest BCUT2D eigenvalue weighted by Gasteiger charge is -2.54. The fourth-order valence-corrected chi connectivity index (χ4v) is 6.46. The monoisotopic (exact) mass is 286 g/mol. The van der Waals surface area contributed by atoms with Gasteiger partial charge < -0.3 is 5.11 Å². The lowest BCUT2D eigenvalue weighted by Crippen LogP contribution is -2.47. The van der Waals surface area contributed by atoms with E-state index in [4.69, 9.17) is 0 Å². The number of aliphatic hydroxyl groups is 1. The van der Waals surface area contributed by atoms with E-state index in [-0.39, 0.29) is 5.41 Å². The number of aliphatic hydroxyl groups excluding tert-OH is 1. The van der Waals surface area contributed by atoms with Crippen LogP contribution in [0.25, 0.3) is 0 Å². The second kappa shape index (κ2) is 4.25. The maximum absolute atomic E-state index is 10.0. The van der Waals surface area contributed by atoms with E-state index in [0.717, 1.165) is 17.8 Å². The fraction of sp³-hybridized carbons (Fsp3) is 0.800. The SMILES string of the molecule is C=C[C@]1(C)CC[C@H]2C(=CC[C@H]3[C@](C)(CO)CC[C@@H]4C[C@]423)C1. The van der Waals surface area contributed by atoms with Crippen molar-refractivity contribution >= 4 is 0 Å². The molecule has 1 spiro atoms. The molecule has 21 heavy (non-hydrogen) atoms. The van der Waals surface area contributed by atoms with Crippen LogP contribution in [0, 0.1) is 34.0 Å². The molecule has 4 aliphatic carbocycles. The Morgan fingerprint density at radius 2 is 2.14 bits per heavy atom. The Morgan fingerprint density at radius 3 is 2.86 bits per heavy atom. The molecule has 1 nitrogen and oxygen atoms in total. The summed E-state index contributed by atoms with van der Waals surface area (Å²) in [4.78, 5) is 0. The molecule has 116 valence electrons. The van der Waals surface area contributed by atoms with E-state index in [2.05, 4.69) is 32.6 Å². The van der Waals surface area contributed by atoms with Gasteiger partial charge in [-0.25, -0.2) is 0 Å². The second-order valence-corrected chi connectivity index (χ2v) is 9.06. The molecule has 0 amide bonds. The van der Waals surface area contributed by atoms with Gasteiger partial charge in [0.2, 0.25) is 0 Å². The minimum absolute atomic E-state index is 0.175. The number of allylic oxidation sites excluding steroid dienone is 3. The molecule has 3 saturated carbocycles. The molecular weight excluding hydrogens is 256 g/mol. The summed E-state index contributed by atoms with van der Waals surface area (Å²) < 4.78 is 0. The van der Waals surface area contributed by atoms with Crippen molar-refractivity contribution in [1.29, 1.82) is 0 Å². The minimum Gasteiger partial charge on any atom is -0.396 e. The summed E-state index contributed by atoms with van der Waals surface area (Å²) in [5.74, 6) is 2.51. The van der Waals surface area contributed by atoms with E-state index in [1.54, 1.807) is 5.57 Å². The van der Waals surface area contributed by atoms with Crippen molar-refractivity contribution in [3.8, 4) is 0 Å². The van der Waals surface area contributed by atoms with Gasteiger partial charge in [0.15, 0.2) is 0 Å². The summed E-state index contributed by atoms with van der Waals surface area (Å²) in [5, 5.41) is 10.0. The molecule has 0 bridgehead atoms. The number of hydrogen-bond acceptors (Lipinski definition) is 1. The van der Waals surface area contributed by atoms with Crippen molar-refractivity contribution in [2.45, 2.75) is 58.8 Å². The number of hydrogen-bond donors (Lipinski definition) is 1. The highest BCUT2D eigenvalue weighted by atomic mass is 16.3. The van der Waals surface area contributed by atoms with E-state index in [1.165, 1.54) is 44.9 Å². The molecule has 0 radical (unpaired) electrons. The van der Waals surface area contributed by atoms with Crippen molar-refractivity contribution < 1.29 is 5.11 Å². The number of rotatable bonds is 2. The topological polar surface area (TPSA) is 20.2 Å². The van der Waals surface area contributed by atoms with Crippen LogP contribution in [0.2, 0.25) is 0 Å². The first-order chi connectivity index (χ1) is 9.97. The lowest BCUT2D eigenvalue weighted by molar-refractivity contribution is -0.0348. The Balaban J connectivity index is 1.70. The molecule has 0 unspecified atom stereocenters. The first-order valence-electron chi connectivity index (χ1n) is 8.91. The molecule has 3 fully saturated rings. The Morgan fingerprint density at radius 1 is 1.33 bits per heavy atom. The van der Waals surface area contributed by atoms with Crippen LogP contribution < -0.4 is 0 Å². The summed E-state index contributed by atoms with van der Waals surface area (Å²) in [7, 11) is 0. The molecule has 6 atom stereocenters. The van der Waals surface area contributed by atoms with Crippen molar-refractivity contribution in [1.82, 2.24) is 0 Å². The molecule has 4 rings (SSSR count). The van der Waals surface area contributed by atoms with Gasteiger partial charge in [-0.15, -0.1) is 6.58 Å². The van der Waals surface area contributed by atoms with Gasteiger partial charge in [-0.1, -0.05) is 31.6 Å². The molecule has 1 N–H and O–H groups in total. The highest BCUT2D eigenvalue weighted by Gasteiger charge is 2.69. The van der Waals surface area contributed by atoms with Gasteiger partial charge in [0, 0.05) is 6.61 Å². The maximum Gasteiger partial charge on any atom is 0.0487 e. The van der Waals surface area contributed by atoms with Crippen molar-refractivity contribution in [3.63, 3.8) is 0 Å². The van der Waals surface area contributed by atoms with E-state index >= 15 is 0 Å². The molecule has 0 aromatic heterocycles. The van der Waals surface area contributed by atoms with Crippen LogP contribution in [0.4, 0.5) is 0 Å². The summed E-state index contributed by atoms with van der Waals surface area (Å²) in [6.45, 7) is 9.19. The average Bonchev–Trinajstić information content (AvgIpc) is 3.21. The van der Waals surface area contributed by atoms with Gasteiger partial charge in [0.25, 0.3) is 0 Å². The Bertz CT molecular complexity index is 506. The molecule has 0 saturated heterocycles. The first-order valence-corrected chi connectivity index (χ1v) is 8.91. The zero-order chi connectivity index (χ0) is 14.9. The minimum atomic E-state index is 0.175. The molecule has 4 aliphatic rings. The number of fused-ring (bicyclic) bond motifs is 1. The summed E-state index contributed by atoms with van der Waals surface area (Å²) in [5.41, 5.74) is 2.81. The molecule has 0 aromatic carbocycles. The van der Waals surface area contributed by atoms with Gasteiger partial charge in [0.05, 0.1) is 0 Å². The third-order valence-corrected chi connectivity index (χ3v) is 7.93. The Kier molecular flexibility index (Phi) is 2.85. The normalized spacial score (nSPS) is 54.8. The van der Waals surface area contributed by atoms with Gasteiger partial charge >= 0.3 is 0 Å². The van der Waals surface area contributed by atoms with Crippen LogP contribution in [0.1, 0.15) is 58.8 Å². The molecule has 0 aliphatic heterocycles. The van der Waals surface area contributed by atoms with E-state index in [1.807, 2.05) is 0 Å². The maximum atomic E-state index is 10.0. The van der Waals surface area contributed by atoms with Crippen LogP contribution in [0.15, 0.2) is 24.3 Å². The zero-order valence-corrected chi connectivity index (χ0v) is 13.7. The molecule has 0 aromatic rings. The lowest BCUT2D eigenvalue weighted by atomic mass is 9.51. The largest absolute Gasteiger partial charge is 0.396 e. The van der Waals surface area contributed by atoms with Crippen molar-refractivity contribution in [3.05, 3.63) is 24.3 Å². The second-order valence-electron chi connectivity index (χ2n) is 9.06. The van der Waals surface area contributed by atoms with Crippen LogP contribution in [-0.4, -0.2) is 11.7 Å². The predicted molar refractivity (Wildman–Crippen MR) is 86.8 cm³/mol. The van der Waals surface area contributed by atoms with E-state index in [0.29, 0.717) is 17.4 Å². The van der Waals surface area contributed by atoms with Crippen molar-refractivity contribution in [2.24, 2.45) is 34.0 Å². The summed E-state index contributed by atoms with van der Waals surface area (Å²) in [6.07, 6.45) is 13.9. The third kappa shape index (κ3) is 1.73. The molecular formula is C20H30O. The van der Waals surface area contributed by atoms with Gasteiger partial charge in [0.1, 0.15) is 0 Å². The van der Waals surface area contributed by atoms with E-state index < -0.39 is 0 Å². The Labute approximate surface area is 129 Å². The smallest absolute Gasteiger partial charge is 0.0487 e. The van der Waals surface area contributed by atoms with Gasteiger partial charge in [-0.2, -0.15) is 0 Å². The average molecular weight is 286 g/mol.